The molecule has 0 fully saturated rings. The highest BCUT2D eigenvalue weighted by molar-refractivity contribution is 6.31. The smallest absolute Gasteiger partial charge is 0.129 e. The molecular formula is C15H16ClNO. The van der Waals surface area contributed by atoms with Crippen molar-refractivity contribution in [3.8, 4) is 16.9 Å². The summed E-state index contributed by atoms with van der Waals surface area (Å²) in [4.78, 5) is 0. The molecule has 3 heteroatoms. The molecule has 0 bridgehead atoms. The molecule has 2 aromatic rings. The highest BCUT2D eigenvalue weighted by Crippen LogP contribution is 2.38. The lowest BCUT2D eigenvalue weighted by atomic mass is 9.97. The minimum Gasteiger partial charge on any atom is -0.496 e. The van der Waals surface area contributed by atoms with E-state index in [0.29, 0.717) is 10.7 Å². The summed E-state index contributed by atoms with van der Waals surface area (Å²) in [5, 5.41) is 0.666. The Hall–Kier alpha value is -1.67. The van der Waals surface area contributed by atoms with Crippen LogP contribution < -0.4 is 10.5 Å². The molecule has 2 rings (SSSR count). The largest absolute Gasteiger partial charge is 0.496 e. The second-order valence-electron chi connectivity index (χ2n) is 4.32. The SMILES string of the molecule is COc1c(-c2cc(Cl)ccc2N)ccc(C)c1C. The number of aryl methyl sites for hydroxylation is 1. The third kappa shape index (κ3) is 2.16. The molecule has 0 unspecified atom stereocenters. The Morgan fingerprint density at radius 1 is 1.06 bits per heavy atom. The molecule has 0 amide bonds. The van der Waals surface area contributed by atoms with E-state index in [9.17, 15) is 0 Å². The van der Waals surface area contributed by atoms with Crippen LogP contribution in [0.2, 0.25) is 5.02 Å². The molecule has 94 valence electrons. The zero-order valence-corrected chi connectivity index (χ0v) is 11.5. The predicted octanol–water partition coefficient (Wildman–Crippen LogP) is 4.21. The molecule has 0 aliphatic carbocycles. The van der Waals surface area contributed by atoms with Gasteiger partial charge in [-0.1, -0.05) is 23.7 Å². The van der Waals surface area contributed by atoms with Gasteiger partial charge in [-0.3, -0.25) is 0 Å². The number of benzene rings is 2. The van der Waals surface area contributed by atoms with E-state index in [-0.39, 0.29) is 0 Å². The second-order valence-corrected chi connectivity index (χ2v) is 4.76. The molecule has 0 atom stereocenters. The summed E-state index contributed by atoms with van der Waals surface area (Å²) in [6.07, 6.45) is 0. The van der Waals surface area contributed by atoms with Crippen molar-refractivity contribution in [3.05, 3.63) is 46.5 Å². The second kappa shape index (κ2) is 4.91. The van der Waals surface area contributed by atoms with Crippen LogP contribution in [-0.2, 0) is 0 Å². The first-order chi connectivity index (χ1) is 8.54. The van der Waals surface area contributed by atoms with Crippen molar-refractivity contribution in [1.29, 1.82) is 0 Å². The van der Waals surface area contributed by atoms with Crippen LogP contribution >= 0.6 is 11.6 Å². The number of ether oxygens (including phenoxy) is 1. The molecule has 0 heterocycles. The van der Waals surface area contributed by atoms with Crippen molar-refractivity contribution < 1.29 is 4.74 Å². The van der Waals surface area contributed by atoms with E-state index in [1.807, 2.05) is 25.1 Å². The molecule has 2 N–H and O–H groups in total. The fourth-order valence-electron chi connectivity index (χ4n) is 2.03. The number of halogens is 1. The van der Waals surface area contributed by atoms with E-state index < -0.39 is 0 Å². The Bertz CT molecular complexity index is 593. The van der Waals surface area contributed by atoms with Gasteiger partial charge in [0.15, 0.2) is 0 Å². The average molecular weight is 262 g/mol. The quantitative estimate of drug-likeness (QED) is 0.822. The number of methoxy groups -OCH3 is 1. The molecule has 2 aromatic carbocycles. The lowest BCUT2D eigenvalue weighted by Crippen LogP contribution is -1.96. The summed E-state index contributed by atoms with van der Waals surface area (Å²) < 4.78 is 5.51. The maximum absolute atomic E-state index is 6.04. The van der Waals surface area contributed by atoms with Gasteiger partial charge in [0.25, 0.3) is 0 Å². The number of hydrogen-bond acceptors (Lipinski definition) is 2. The van der Waals surface area contributed by atoms with Gasteiger partial charge in [-0.15, -0.1) is 0 Å². The van der Waals surface area contributed by atoms with Crippen LogP contribution in [0.25, 0.3) is 11.1 Å². The van der Waals surface area contributed by atoms with Crippen molar-refractivity contribution in [2.45, 2.75) is 13.8 Å². The number of rotatable bonds is 2. The van der Waals surface area contributed by atoms with E-state index in [1.165, 1.54) is 5.56 Å². The van der Waals surface area contributed by atoms with E-state index in [0.717, 1.165) is 22.4 Å². The maximum atomic E-state index is 6.04. The molecule has 0 saturated carbocycles. The van der Waals surface area contributed by atoms with Crippen LogP contribution in [0.4, 0.5) is 5.69 Å². The molecule has 18 heavy (non-hydrogen) atoms. The molecule has 0 spiro atoms. The Morgan fingerprint density at radius 2 is 1.78 bits per heavy atom. The Balaban J connectivity index is 2.71. The van der Waals surface area contributed by atoms with Gasteiger partial charge < -0.3 is 10.5 Å². The lowest BCUT2D eigenvalue weighted by Gasteiger charge is -2.15. The van der Waals surface area contributed by atoms with Crippen LogP contribution in [0.15, 0.2) is 30.3 Å². The third-order valence-electron chi connectivity index (χ3n) is 3.19. The van der Waals surface area contributed by atoms with Gasteiger partial charge in [0.2, 0.25) is 0 Å². The summed E-state index contributed by atoms with van der Waals surface area (Å²) in [6, 6.07) is 9.54. The Morgan fingerprint density at radius 3 is 2.44 bits per heavy atom. The van der Waals surface area contributed by atoms with E-state index in [2.05, 4.69) is 13.0 Å². The first-order valence-electron chi connectivity index (χ1n) is 5.74. The Labute approximate surface area is 112 Å². The van der Waals surface area contributed by atoms with Gasteiger partial charge in [-0.25, -0.2) is 0 Å². The summed E-state index contributed by atoms with van der Waals surface area (Å²) in [5.41, 5.74) is 10.9. The van der Waals surface area contributed by atoms with Crippen molar-refractivity contribution in [3.63, 3.8) is 0 Å². The molecular weight excluding hydrogens is 246 g/mol. The highest BCUT2D eigenvalue weighted by Gasteiger charge is 2.13. The summed E-state index contributed by atoms with van der Waals surface area (Å²) in [5.74, 6) is 0.851. The maximum Gasteiger partial charge on any atom is 0.129 e. The fourth-order valence-corrected chi connectivity index (χ4v) is 2.20. The molecule has 0 aromatic heterocycles. The zero-order valence-electron chi connectivity index (χ0n) is 10.8. The Kier molecular flexibility index (Phi) is 3.48. The van der Waals surface area contributed by atoms with Crippen LogP contribution in [0, 0.1) is 13.8 Å². The first-order valence-corrected chi connectivity index (χ1v) is 6.12. The van der Waals surface area contributed by atoms with Gasteiger partial charge in [-0.05, 0) is 43.2 Å². The van der Waals surface area contributed by atoms with E-state index in [4.69, 9.17) is 22.1 Å². The van der Waals surface area contributed by atoms with Crippen LogP contribution in [0.1, 0.15) is 11.1 Å². The van der Waals surface area contributed by atoms with Gasteiger partial charge in [0.05, 0.1) is 7.11 Å². The van der Waals surface area contributed by atoms with E-state index in [1.54, 1.807) is 13.2 Å². The van der Waals surface area contributed by atoms with Crippen molar-refractivity contribution in [2.75, 3.05) is 12.8 Å². The summed E-state index contributed by atoms with van der Waals surface area (Å²) >= 11 is 6.04. The van der Waals surface area contributed by atoms with Crippen molar-refractivity contribution in [2.24, 2.45) is 0 Å². The highest BCUT2D eigenvalue weighted by atomic mass is 35.5. The number of nitrogens with two attached hydrogens (primary N) is 1. The summed E-state index contributed by atoms with van der Waals surface area (Å²) in [6.45, 7) is 4.10. The molecule has 2 nitrogen and oxygen atoms in total. The lowest BCUT2D eigenvalue weighted by molar-refractivity contribution is 0.413. The standard InChI is InChI=1S/C15H16ClNO/c1-9-4-6-12(15(18-3)10(9)2)13-8-11(16)5-7-14(13)17/h4-8H,17H2,1-3H3. The average Bonchev–Trinajstić information content (AvgIpc) is 2.35. The minimum absolute atomic E-state index is 0.666. The topological polar surface area (TPSA) is 35.2 Å². The monoisotopic (exact) mass is 261 g/mol. The molecule has 0 saturated heterocycles. The minimum atomic E-state index is 0.666. The van der Waals surface area contributed by atoms with Crippen LogP contribution in [0.5, 0.6) is 5.75 Å². The van der Waals surface area contributed by atoms with E-state index >= 15 is 0 Å². The molecule has 0 aliphatic heterocycles. The number of nitrogen functional groups attached to an aromatic ring is 1. The third-order valence-corrected chi connectivity index (χ3v) is 3.42. The van der Waals surface area contributed by atoms with Gasteiger partial charge >= 0.3 is 0 Å². The van der Waals surface area contributed by atoms with Gasteiger partial charge in [0, 0.05) is 21.8 Å². The van der Waals surface area contributed by atoms with Crippen LogP contribution in [0.3, 0.4) is 0 Å². The fraction of sp³-hybridized carbons (Fsp3) is 0.200. The van der Waals surface area contributed by atoms with Crippen LogP contribution in [-0.4, -0.2) is 7.11 Å². The molecule has 0 aliphatic rings. The first kappa shape index (κ1) is 12.8. The summed E-state index contributed by atoms with van der Waals surface area (Å²) in [7, 11) is 1.67. The molecule has 0 radical (unpaired) electrons. The normalized spacial score (nSPS) is 10.4. The van der Waals surface area contributed by atoms with Gasteiger partial charge in [-0.2, -0.15) is 0 Å². The van der Waals surface area contributed by atoms with Crippen molar-refractivity contribution >= 4 is 17.3 Å². The van der Waals surface area contributed by atoms with Gasteiger partial charge in [0.1, 0.15) is 5.75 Å². The number of anilines is 1. The van der Waals surface area contributed by atoms with Crippen molar-refractivity contribution in [1.82, 2.24) is 0 Å². The zero-order chi connectivity index (χ0) is 13.3. The number of hydrogen-bond donors (Lipinski definition) is 1. The predicted molar refractivity (Wildman–Crippen MR) is 77.3 cm³/mol.